The molecule has 0 radical (unpaired) electrons. The van der Waals surface area contributed by atoms with E-state index in [9.17, 15) is 14.7 Å². The van der Waals surface area contributed by atoms with Gasteiger partial charge < -0.3 is 19.0 Å². The Bertz CT molecular complexity index is 628. The smallest absolute Gasteiger partial charge is 0.311 e. The van der Waals surface area contributed by atoms with Crippen molar-refractivity contribution in [3.05, 3.63) is 0 Å². The molecule has 0 spiro atoms. The van der Waals surface area contributed by atoms with Gasteiger partial charge in [-0.15, -0.1) is 6.42 Å². The predicted octanol–water partition coefficient (Wildman–Crippen LogP) is 4.31. The standard InChI is InChI=1S/C23H42O6Si/c1-13-16(29-30(11,12)23(8,9)10)14-18(28-20(26)22(5,6)7)17(24)15-27-19(25)21(2,3)4/h1,16-18,24H,14-15H2,2-12H3. The zero-order chi connectivity index (χ0) is 24.1. The summed E-state index contributed by atoms with van der Waals surface area (Å²) >= 11 is 0. The Morgan fingerprint density at radius 2 is 1.43 bits per heavy atom. The zero-order valence-electron chi connectivity index (χ0n) is 20.7. The molecular formula is C23H42O6Si. The highest BCUT2D eigenvalue weighted by Crippen LogP contribution is 2.38. The molecule has 0 fully saturated rings. The van der Waals surface area contributed by atoms with Gasteiger partial charge in [-0.3, -0.25) is 9.59 Å². The van der Waals surface area contributed by atoms with Crippen molar-refractivity contribution in [2.24, 2.45) is 10.8 Å². The molecule has 1 N–H and O–H groups in total. The summed E-state index contributed by atoms with van der Waals surface area (Å²) in [4.78, 5) is 24.5. The SMILES string of the molecule is C#CC(CC(OC(=O)C(C)(C)C)C(O)COC(=O)C(C)(C)C)O[Si](C)(C)C(C)(C)C. The summed E-state index contributed by atoms with van der Waals surface area (Å²) in [5.74, 6) is 1.69. The topological polar surface area (TPSA) is 82.1 Å². The Labute approximate surface area is 184 Å². The summed E-state index contributed by atoms with van der Waals surface area (Å²) < 4.78 is 17.1. The molecule has 7 heteroatoms. The van der Waals surface area contributed by atoms with Crippen molar-refractivity contribution in [1.29, 1.82) is 0 Å². The van der Waals surface area contributed by atoms with Crippen molar-refractivity contribution < 1.29 is 28.6 Å². The van der Waals surface area contributed by atoms with Crippen molar-refractivity contribution in [1.82, 2.24) is 0 Å². The van der Waals surface area contributed by atoms with Crippen LogP contribution < -0.4 is 0 Å². The van der Waals surface area contributed by atoms with Crippen LogP contribution in [0, 0.1) is 23.2 Å². The van der Waals surface area contributed by atoms with Crippen LogP contribution in [-0.4, -0.2) is 50.3 Å². The molecule has 0 amide bonds. The van der Waals surface area contributed by atoms with E-state index < -0.39 is 49.4 Å². The first kappa shape index (κ1) is 28.6. The van der Waals surface area contributed by atoms with Crippen LogP contribution >= 0.6 is 0 Å². The van der Waals surface area contributed by atoms with Gasteiger partial charge in [0.2, 0.25) is 0 Å². The van der Waals surface area contributed by atoms with Crippen LogP contribution in [0.1, 0.15) is 68.7 Å². The third-order valence-electron chi connectivity index (χ3n) is 5.17. The number of ether oxygens (including phenoxy) is 2. The molecule has 0 aromatic rings. The molecule has 174 valence electrons. The second-order valence-corrected chi connectivity index (χ2v) is 16.1. The third kappa shape index (κ3) is 9.19. The molecule has 0 saturated heterocycles. The van der Waals surface area contributed by atoms with Crippen LogP contribution in [0.5, 0.6) is 0 Å². The second-order valence-electron chi connectivity index (χ2n) is 11.4. The molecule has 0 aromatic carbocycles. The highest BCUT2D eigenvalue weighted by molar-refractivity contribution is 6.74. The van der Waals surface area contributed by atoms with Gasteiger partial charge in [0.1, 0.15) is 24.9 Å². The van der Waals surface area contributed by atoms with E-state index in [1.165, 1.54) is 0 Å². The lowest BCUT2D eigenvalue weighted by molar-refractivity contribution is -0.172. The maximum Gasteiger partial charge on any atom is 0.311 e. The van der Waals surface area contributed by atoms with Crippen LogP contribution in [0.3, 0.4) is 0 Å². The van der Waals surface area contributed by atoms with Crippen molar-refractivity contribution in [2.45, 2.75) is 105 Å². The van der Waals surface area contributed by atoms with E-state index in [4.69, 9.17) is 20.3 Å². The molecule has 0 aliphatic heterocycles. The van der Waals surface area contributed by atoms with Crippen LogP contribution in [0.15, 0.2) is 0 Å². The Balaban J connectivity index is 5.49. The van der Waals surface area contributed by atoms with Crippen molar-refractivity contribution in [2.75, 3.05) is 6.61 Å². The minimum Gasteiger partial charge on any atom is -0.462 e. The van der Waals surface area contributed by atoms with E-state index in [1.807, 2.05) is 0 Å². The fourth-order valence-electron chi connectivity index (χ4n) is 1.98. The number of aliphatic hydroxyl groups excluding tert-OH is 1. The fourth-order valence-corrected chi connectivity index (χ4v) is 3.21. The minimum atomic E-state index is -2.18. The molecule has 0 saturated carbocycles. The van der Waals surface area contributed by atoms with Crippen molar-refractivity contribution in [3.63, 3.8) is 0 Å². The highest BCUT2D eigenvalue weighted by atomic mass is 28.4. The number of aliphatic hydroxyl groups is 1. The fraction of sp³-hybridized carbons (Fsp3) is 0.826. The van der Waals surface area contributed by atoms with E-state index in [1.54, 1.807) is 41.5 Å². The molecule has 30 heavy (non-hydrogen) atoms. The predicted molar refractivity (Wildman–Crippen MR) is 121 cm³/mol. The van der Waals surface area contributed by atoms with Crippen LogP contribution in [0.25, 0.3) is 0 Å². The van der Waals surface area contributed by atoms with Crippen LogP contribution in [0.4, 0.5) is 0 Å². The quantitative estimate of drug-likeness (QED) is 0.343. The summed E-state index contributed by atoms with van der Waals surface area (Å²) in [5, 5.41) is 10.6. The lowest BCUT2D eigenvalue weighted by atomic mass is 9.96. The van der Waals surface area contributed by atoms with Gasteiger partial charge in [-0.25, -0.2) is 0 Å². The molecule has 0 aromatic heterocycles. The van der Waals surface area contributed by atoms with E-state index in [-0.39, 0.29) is 18.1 Å². The Hall–Kier alpha value is -1.36. The molecule has 0 bridgehead atoms. The first-order valence-electron chi connectivity index (χ1n) is 10.4. The van der Waals surface area contributed by atoms with Gasteiger partial charge in [0.15, 0.2) is 8.32 Å². The van der Waals surface area contributed by atoms with Gasteiger partial charge in [-0.05, 0) is 59.7 Å². The maximum atomic E-state index is 12.5. The number of terminal acetylenes is 1. The largest absolute Gasteiger partial charge is 0.462 e. The maximum absolute atomic E-state index is 12.5. The number of hydrogen-bond donors (Lipinski definition) is 1. The molecule has 0 rings (SSSR count). The molecular weight excluding hydrogens is 400 g/mol. The number of carbonyl (C=O) groups excluding carboxylic acids is 2. The number of carbonyl (C=O) groups is 2. The summed E-state index contributed by atoms with van der Waals surface area (Å²) in [6, 6.07) is 0. The van der Waals surface area contributed by atoms with Crippen LogP contribution in [-0.2, 0) is 23.5 Å². The minimum absolute atomic E-state index is 0.0550. The van der Waals surface area contributed by atoms with Gasteiger partial charge >= 0.3 is 11.9 Å². The second kappa shape index (κ2) is 10.3. The van der Waals surface area contributed by atoms with E-state index >= 15 is 0 Å². The summed E-state index contributed by atoms with van der Waals surface area (Å²) in [6.07, 6.45) is 2.99. The number of rotatable bonds is 8. The zero-order valence-corrected chi connectivity index (χ0v) is 21.7. The molecule has 3 atom stereocenters. The monoisotopic (exact) mass is 442 g/mol. The third-order valence-corrected chi connectivity index (χ3v) is 9.66. The van der Waals surface area contributed by atoms with E-state index in [0.29, 0.717) is 0 Å². The summed E-state index contributed by atoms with van der Waals surface area (Å²) in [5.41, 5.74) is -1.46. The van der Waals surface area contributed by atoms with Crippen molar-refractivity contribution in [3.8, 4) is 12.3 Å². The Kier molecular flexibility index (Phi) is 9.83. The summed E-state index contributed by atoms with van der Waals surface area (Å²) in [6.45, 7) is 20.5. The van der Waals surface area contributed by atoms with Gasteiger partial charge in [-0.2, -0.15) is 0 Å². The van der Waals surface area contributed by atoms with Crippen LogP contribution in [0.2, 0.25) is 18.1 Å². The van der Waals surface area contributed by atoms with Crippen molar-refractivity contribution >= 4 is 20.3 Å². The molecule has 0 aliphatic carbocycles. The first-order valence-corrected chi connectivity index (χ1v) is 13.3. The molecule has 6 nitrogen and oxygen atoms in total. The molecule has 0 aliphatic rings. The highest BCUT2D eigenvalue weighted by Gasteiger charge is 2.40. The summed E-state index contributed by atoms with van der Waals surface area (Å²) in [7, 11) is -2.18. The molecule has 3 unspecified atom stereocenters. The average Bonchev–Trinajstić information content (AvgIpc) is 2.54. The molecule has 0 heterocycles. The number of hydrogen-bond acceptors (Lipinski definition) is 6. The van der Waals surface area contributed by atoms with E-state index in [0.717, 1.165) is 0 Å². The van der Waals surface area contributed by atoms with Gasteiger partial charge in [0.05, 0.1) is 10.8 Å². The normalized spacial score (nSPS) is 16.2. The average molecular weight is 443 g/mol. The Morgan fingerprint density at radius 1 is 0.967 bits per heavy atom. The van der Waals surface area contributed by atoms with Gasteiger partial charge in [0, 0.05) is 6.42 Å². The number of esters is 2. The first-order chi connectivity index (χ1) is 13.2. The van der Waals surface area contributed by atoms with E-state index in [2.05, 4.69) is 39.8 Å². The lowest BCUT2D eigenvalue weighted by Gasteiger charge is -2.39. The lowest BCUT2D eigenvalue weighted by Crippen LogP contribution is -2.46. The van der Waals surface area contributed by atoms with Gasteiger partial charge in [-0.1, -0.05) is 26.7 Å². The Morgan fingerprint density at radius 3 is 1.80 bits per heavy atom. The van der Waals surface area contributed by atoms with Gasteiger partial charge in [0.25, 0.3) is 0 Å².